The van der Waals surface area contributed by atoms with Gasteiger partial charge < -0.3 is 10.2 Å². The zero-order valence-electron chi connectivity index (χ0n) is 11.7. The molecule has 0 aromatic carbocycles. The van der Waals surface area contributed by atoms with E-state index in [1.807, 2.05) is 26.8 Å². The van der Waals surface area contributed by atoms with E-state index in [-0.39, 0.29) is 11.9 Å². The molecule has 0 atom stereocenters. The number of carbonyl (C=O) groups excluding carboxylic acids is 1. The van der Waals surface area contributed by atoms with E-state index < -0.39 is 0 Å². The molecule has 1 rings (SSSR count). The molecule has 102 valence electrons. The van der Waals surface area contributed by atoms with E-state index in [1.54, 1.807) is 17.2 Å². The van der Waals surface area contributed by atoms with Gasteiger partial charge in [-0.2, -0.15) is 5.26 Å². The topological polar surface area (TPSA) is 69.0 Å². The molecule has 0 radical (unpaired) electrons. The van der Waals surface area contributed by atoms with Crippen molar-refractivity contribution in [3.05, 3.63) is 24.0 Å². The minimum absolute atomic E-state index is 0.0467. The maximum absolute atomic E-state index is 12.4. The van der Waals surface area contributed by atoms with Crippen molar-refractivity contribution in [3.8, 4) is 6.07 Å². The van der Waals surface area contributed by atoms with Crippen LogP contribution in [-0.2, 0) is 0 Å². The first kappa shape index (κ1) is 15.0. The number of nitrogens with zero attached hydrogens (tertiary/aromatic N) is 3. The van der Waals surface area contributed by atoms with Crippen LogP contribution in [-0.4, -0.2) is 34.9 Å². The number of nitriles is 1. The monoisotopic (exact) mass is 260 g/mol. The highest BCUT2D eigenvalue weighted by atomic mass is 16.2. The number of aromatic nitrogens is 1. The number of pyridine rings is 1. The van der Waals surface area contributed by atoms with Crippen molar-refractivity contribution in [1.29, 1.82) is 5.26 Å². The fourth-order valence-corrected chi connectivity index (χ4v) is 1.77. The van der Waals surface area contributed by atoms with E-state index in [9.17, 15) is 4.79 Å². The molecule has 0 fully saturated rings. The second-order valence-electron chi connectivity index (χ2n) is 4.46. The fourth-order valence-electron chi connectivity index (χ4n) is 1.77. The molecule has 0 spiro atoms. The summed E-state index contributed by atoms with van der Waals surface area (Å²) in [6.07, 6.45) is 1.95. The van der Waals surface area contributed by atoms with Crippen LogP contribution in [0.15, 0.2) is 18.3 Å². The lowest BCUT2D eigenvalue weighted by Gasteiger charge is -2.25. The summed E-state index contributed by atoms with van der Waals surface area (Å²) in [4.78, 5) is 18.2. The van der Waals surface area contributed by atoms with Crippen LogP contribution in [0.4, 0.5) is 5.69 Å². The fraction of sp³-hybridized carbons (Fsp3) is 0.500. The van der Waals surface area contributed by atoms with Crippen LogP contribution in [0.5, 0.6) is 0 Å². The Balaban J connectivity index is 2.89. The Kier molecular flexibility index (Phi) is 5.80. The number of carbonyl (C=O) groups is 1. The third-order valence-corrected chi connectivity index (χ3v) is 2.71. The van der Waals surface area contributed by atoms with Crippen LogP contribution < -0.4 is 5.32 Å². The van der Waals surface area contributed by atoms with Gasteiger partial charge in [-0.3, -0.25) is 9.78 Å². The van der Waals surface area contributed by atoms with Gasteiger partial charge in [-0.25, -0.2) is 0 Å². The summed E-state index contributed by atoms with van der Waals surface area (Å²) in [5, 5.41) is 11.8. The van der Waals surface area contributed by atoms with Crippen LogP contribution in [0.3, 0.4) is 0 Å². The normalized spacial score (nSPS) is 10.1. The van der Waals surface area contributed by atoms with E-state index in [2.05, 4.69) is 16.4 Å². The molecule has 0 saturated carbocycles. The molecule has 1 aromatic heterocycles. The number of anilines is 1. The van der Waals surface area contributed by atoms with Crippen LogP contribution in [0.2, 0.25) is 0 Å². The molecule has 1 amide bonds. The zero-order chi connectivity index (χ0) is 14.3. The molecular formula is C14H20N4O. The second kappa shape index (κ2) is 7.37. The highest BCUT2D eigenvalue weighted by Crippen LogP contribution is 2.12. The number of amides is 1. The van der Waals surface area contributed by atoms with E-state index in [1.165, 1.54) is 0 Å². The van der Waals surface area contributed by atoms with Gasteiger partial charge in [-0.05, 0) is 32.9 Å². The molecule has 0 bridgehead atoms. The average molecular weight is 260 g/mol. The van der Waals surface area contributed by atoms with Crippen molar-refractivity contribution in [2.75, 3.05) is 18.4 Å². The molecular weight excluding hydrogens is 240 g/mol. The maximum Gasteiger partial charge on any atom is 0.272 e. The molecule has 1 N–H and O–H groups in total. The SMILES string of the molecule is CCNc1ccnc(C(=O)N(CCC#N)C(C)C)c1. The highest BCUT2D eigenvalue weighted by molar-refractivity contribution is 5.93. The van der Waals surface area contributed by atoms with Crippen molar-refractivity contribution >= 4 is 11.6 Å². The van der Waals surface area contributed by atoms with Gasteiger partial charge in [0.2, 0.25) is 0 Å². The van der Waals surface area contributed by atoms with Crippen molar-refractivity contribution in [2.45, 2.75) is 33.2 Å². The number of hydrogen-bond donors (Lipinski definition) is 1. The predicted molar refractivity (Wildman–Crippen MR) is 74.8 cm³/mol. The lowest BCUT2D eigenvalue weighted by Crippen LogP contribution is -2.38. The van der Waals surface area contributed by atoms with Crippen LogP contribution in [0.25, 0.3) is 0 Å². The lowest BCUT2D eigenvalue weighted by molar-refractivity contribution is 0.0704. The van der Waals surface area contributed by atoms with Crippen LogP contribution >= 0.6 is 0 Å². The summed E-state index contributed by atoms with van der Waals surface area (Å²) in [5.74, 6) is -0.134. The summed E-state index contributed by atoms with van der Waals surface area (Å²) in [6.45, 7) is 7.09. The molecule has 0 aliphatic heterocycles. The van der Waals surface area contributed by atoms with Gasteiger partial charge in [-0.1, -0.05) is 0 Å². The molecule has 0 aliphatic carbocycles. The second-order valence-corrected chi connectivity index (χ2v) is 4.46. The van der Waals surface area contributed by atoms with E-state index in [0.29, 0.717) is 18.7 Å². The quantitative estimate of drug-likeness (QED) is 0.852. The van der Waals surface area contributed by atoms with Crippen molar-refractivity contribution in [2.24, 2.45) is 0 Å². The van der Waals surface area contributed by atoms with E-state index >= 15 is 0 Å². The molecule has 19 heavy (non-hydrogen) atoms. The van der Waals surface area contributed by atoms with Gasteiger partial charge in [0.1, 0.15) is 5.69 Å². The number of hydrogen-bond acceptors (Lipinski definition) is 4. The average Bonchev–Trinajstić information content (AvgIpc) is 2.39. The van der Waals surface area contributed by atoms with Crippen LogP contribution in [0, 0.1) is 11.3 Å². The zero-order valence-corrected chi connectivity index (χ0v) is 11.7. The first-order valence-corrected chi connectivity index (χ1v) is 6.48. The Bertz CT molecular complexity index is 465. The Morgan fingerprint density at radius 1 is 1.58 bits per heavy atom. The third kappa shape index (κ3) is 4.25. The van der Waals surface area contributed by atoms with Gasteiger partial charge in [-0.15, -0.1) is 0 Å². The van der Waals surface area contributed by atoms with Crippen LogP contribution in [0.1, 0.15) is 37.7 Å². The van der Waals surface area contributed by atoms with Gasteiger partial charge in [0.05, 0.1) is 12.5 Å². The van der Waals surface area contributed by atoms with Crippen molar-refractivity contribution < 1.29 is 4.79 Å². The largest absolute Gasteiger partial charge is 0.385 e. The maximum atomic E-state index is 12.4. The van der Waals surface area contributed by atoms with Gasteiger partial charge in [0, 0.05) is 31.0 Å². The van der Waals surface area contributed by atoms with E-state index in [0.717, 1.165) is 12.2 Å². The predicted octanol–water partition coefficient (Wildman–Crippen LogP) is 2.28. The minimum Gasteiger partial charge on any atom is -0.385 e. The molecule has 1 heterocycles. The molecule has 5 nitrogen and oxygen atoms in total. The highest BCUT2D eigenvalue weighted by Gasteiger charge is 2.19. The number of nitrogens with one attached hydrogen (secondary N) is 1. The smallest absolute Gasteiger partial charge is 0.272 e. The van der Waals surface area contributed by atoms with Crippen molar-refractivity contribution in [3.63, 3.8) is 0 Å². The summed E-state index contributed by atoms with van der Waals surface area (Å²) >= 11 is 0. The first-order chi connectivity index (χ1) is 9.10. The number of rotatable bonds is 6. The third-order valence-electron chi connectivity index (χ3n) is 2.71. The Hall–Kier alpha value is -2.09. The Morgan fingerprint density at radius 3 is 2.89 bits per heavy atom. The van der Waals surface area contributed by atoms with Gasteiger partial charge >= 0.3 is 0 Å². The minimum atomic E-state index is -0.134. The van der Waals surface area contributed by atoms with Crippen molar-refractivity contribution in [1.82, 2.24) is 9.88 Å². The Labute approximate surface area is 114 Å². The summed E-state index contributed by atoms with van der Waals surface area (Å²) in [6, 6.07) is 5.68. The summed E-state index contributed by atoms with van der Waals surface area (Å²) in [7, 11) is 0. The summed E-state index contributed by atoms with van der Waals surface area (Å²) in [5.41, 5.74) is 1.29. The molecule has 0 aliphatic rings. The summed E-state index contributed by atoms with van der Waals surface area (Å²) < 4.78 is 0. The standard InChI is InChI=1S/C14H20N4O/c1-4-16-12-6-8-17-13(10-12)14(19)18(11(2)3)9-5-7-15/h6,8,10-11H,4-5,9H2,1-3H3,(H,16,17). The molecule has 0 unspecified atom stereocenters. The Morgan fingerprint density at radius 2 is 2.32 bits per heavy atom. The van der Waals surface area contributed by atoms with Gasteiger partial charge in [0.15, 0.2) is 0 Å². The lowest BCUT2D eigenvalue weighted by atomic mass is 10.2. The molecule has 0 saturated heterocycles. The first-order valence-electron chi connectivity index (χ1n) is 6.48. The van der Waals surface area contributed by atoms with E-state index in [4.69, 9.17) is 5.26 Å². The molecule has 5 heteroatoms. The molecule has 1 aromatic rings. The van der Waals surface area contributed by atoms with Gasteiger partial charge in [0.25, 0.3) is 5.91 Å².